The fraction of sp³-hybridized carbons (Fsp3) is 0.429. The predicted octanol–water partition coefficient (Wildman–Crippen LogP) is 2.99. The molecule has 0 unspecified atom stereocenters. The van der Waals surface area contributed by atoms with Gasteiger partial charge in [-0.25, -0.2) is 4.79 Å². The number of fused-ring (bicyclic) bond motifs is 2. The van der Waals surface area contributed by atoms with Gasteiger partial charge in [0.15, 0.2) is 0 Å². The van der Waals surface area contributed by atoms with Gasteiger partial charge in [-0.15, -0.1) is 0 Å². The highest BCUT2D eigenvalue weighted by Gasteiger charge is 2.24. The number of aryl methyl sites for hydroxylation is 3. The number of hydrogen-bond acceptors (Lipinski definition) is 5. The van der Waals surface area contributed by atoms with Gasteiger partial charge in [-0.3, -0.25) is 4.79 Å². The second kappa shape index (κ2) is 6.53. The summed E-state index contributed by atoms with van der Waals surface area (Å²) in [6.45, 7) is 6.80. The highest BCUT2D eigenvalue weighted by Crippen LogP contribution is 2.31. The number of rotatable bonds is 2. The third-order valence-electron chi connectivity index (χ3n) is 5.73. The number of nitrogens with zero attached hydrogens (tertiary/aromatic N) is 1. The average Bonchev–Trinajstić information content (AvgIpc) is 2.91. The summed E-state index contributed by atoms with van der Waals surface area (Å²) in [4.78, 5) is 26.9. The maximum Gasteiger partial charge on any atom is 0.340 e. The lowest BCUT2D eigenvalue weighted by Gasteiger charge is -2.29. The van der Waals surface area contributed by atoms with Crippen molar-refractivity contribution in [3.8, 4) is 0 Å². The molecule has 27 heavy (non-hydrogen) atoms. The summed E-state index contributed by atoms with van der Waals surface area (Å²) in [6.07, 6.45) is 0.829. The standard InChI is InChI=1S/C21H23NO5/c1-11-13(3)26-18-10-19-16(8-15(11)18)12(2)17(21(25)27-19)9-20(24)22-6-4-14(23)5-7-22/h8,10,14,23H,4-7,9H2,1-3H3. The number of aliphatic hydroxyl groups is 1. The van der Waals surface area contributed by atoms with Gasteiger partial charge in [-0.1, -0.05) is 0 Å². The van der Waals surface area contributed by atoms with E-state index in [9.17, 15) is 14.7 Å². The fourth-order valence-electron chi connectivity index (χ4n) is 3.81. The van der Waals surface area contributed by atoms with Gasteiger partial charge >= 0.3 is 5.63 Å². The van der Waals surface area contributed by atoms with Gasteiger partial charge in [-0.05, 0) is 50.8 Å². The Kier molecular flexibility index (Phi) is 4.30. The number of piperidine rings is 1. The van der Waals surface area contributed by atoms with E-state index in [0.717, 1.165) is 27.7 Å². The predicted molar refractivity (Wildman–Crippen MR) is 102 cm³/mol. The second-order valence-electron chi connectivity index (χ2n) is 7.41. The zero-order valence-corrected chi connectivity index (χ0v) is 15.8. The molecule has 1 aromatic carbocycles. The molecule has 3 aromatic rings. The molecule has 6 heteroatoms. The first-order valence-electron chi connectivity index (χ1n) is 9.27. The van der Waals surface area contributed by atoms with E-state index < -0.39 is 5.63 Å². The van der Waals surface area contributed by atoms with Crippen LogP contribution in [-0.4, -0.2) is 35.1 Å². The lowest BCUT2D eigenvalue weighted by atomic mass is 10.0. The number of amides is 1. The van der Waals surface area contributed by atoms with Crippen LogP contribution in [0.15, 0.2) is 25.8 Å². The van der Waals surface area contributed by atoms with Crippen molar-refractivity contribution in [2.75, 3.05) is 13.1 Å². The number of benzene rings is 1. The zero-order chi connectivity index (χ0) is 19.3. The van der Waals surface area contributed by atoms with Gasteiger partial charge < -0.3 is 18.8 Å². The summed E-state index contributed by atoms with van der Waals surface area (Å²) in [5.41, 5.74) is 2.90. The topological polar surface area (TPSA) is 83.9 Å². The maximum atomic E-state index is 12.6. The molecule has 1 N–H and O–H groups in total. The Morgan fingerprint density at radius 2 is 1.70 bits per heavy atom. The molecule has 0 bridgehead atoms. The van der Waals surface area contributed by atoms with Crippen LogP contribution in [-0.2, 0) is 11.2 Å². The van der Waals surface area contributed by atoms with Gasteiger partial charge in [-0.2, -0.15) is 0 Å². The molecule has 1 aliphatic heterocycles. The highest BCUT2D eigenvalue weighted by atomic mass is 16.4. The molecule has 0 radical (unpaired) electrons. The Bertz CT molecular complexity index is 1100. The molecule has 1 fully saturated rings. The minimum atomic E-state index is -0.482. The van der Waals surface area contributed by atoms with Crippen LogP contribution in [0.25, 0.3) is 21.9 Å². The molecule has 3 heterocycles. The van der Waals surface area contributed by atoms with E-state index in [2.05, 4.69) is 0 Å². The number of carbonyl (C=O) groups excluding carboxylic acids is 1. The van der Waals surface area contributed by atoms with Crippen LogP contribution < -0.4 is 5.63 Å². The lowest BCUT2D eigenvalue weighted by molar-refractivity contribution is -0.132. The van der Waals surface area contributed by atoms with Gasteiger partial charge in [0, 0.05) is 29.9 Å². The Morgan fingerprint density at radius 1 is 1.07 bits per heavy atom. The van der Waals surface area contributed by atoms with Crippen molar-refractivity contribution in [3.63, 3.8) is 0 Å². The van der Waals surface area contributed by atoms with Crippen molar-refractivity contribution in [3.05, 3.63) is 45.0 Å². The van der Waals surface area contributed by atoms with Crippen molar-refractivity contribution < 1.29 is 18.7 Å². The van der Waals surface area contributed by atoms with Crippen LogP contribution in [0.3, 0.4) is 0 Å². The monoisotopic (exact) mass is 369 g/mol. The number of furan rings is 1. The van der Waals surface area contributed by atoms with E-state index >= 15 is 0 Å². The Hall–Kier alpha value is -2.60. The summed E-state index contributed by atoms with van der Waals surface area (Å²) in [7, 11) is 0. The summed E-state index contributed by atoms with van der Waals surface area (Å²) in [5, 5.41) is 11.4. The molecule has 1 aliphatic rings. The number of hydrogen-bond donors (Lipinski definition) is 1. The minimum absolute atomic E-state index is 0.0155. The summed E-state index contributed by atoms with van der Waals surface area (Å²) in [6, 6.07) is 3.72. The van der Waals surface area contributed by atoms with Crippen LogP contribution in [0.1, 0.15) is 35.3 Å². The first-order valence-corrected chi connectivity index (χ1v) is 9.27. The van der Waals surface area contributed by atoms with Crippen LogP contribution >= 0.6 is 0 Å². The van der Waals surface area contributed by atoms with Gasteiger partial charge in [0.1, 0.15) is 16.9 Å². The quantitative estimate of drug-likeness (QED) is 0.702. The first-order chi connectivity index (χ1) is 12.8. The van der Waals surface area contributed by atoms with Crippen LogP contribution in [0.4, 0.5) is 0 Å². The van der Waals surface area contributed by atoms with Crippen molar-refractivity contribution in [1.29, 1.82) is 0 Å². The molecule has 0 spiro atoms. The molecule has 1 amide bonds. The van der Waals surface area contributed by atoms with E-state index in [1.54, 1.807) is 11.0 Å². The molecule has 6 nitrogen and oxygen atoms in total. The third kappa shape index (κ3) is 3.04. The molecule has 0 atom stereocenters. The second-order valence-corrected chi connectivity index (χ2v) is 7.41. The number of carbonyl (C=O) groups is 1. The largest absolute Gasteiger partial charge is 0.461 e. The minimum Gasteiger partial charge on any atom is -0.461 e. The van der Waals surface area contributed by atoms with E-state index in [4.69, 9.17) is 8.83 Å². The Morgan fingerprint density at radius 3 is 2.41 bits per heavy atom. The molecule has 4 rings (SSSR count). The summed E-state index contributed by atoms with van der Waals surface area (Å²) >= 11 is 0. The van der Waals surface area contributed by atoms with Crippen LogP contribution in [0.2, 0.25) is 0 Å². The van der Waals surface area contributed by atoms with Crippen molar-refractivity contribution in [1.82, 2.24) is 4.90 Å². The lowest BCUT2D eigenvalue weighted by Crippen LogP contribution is -2.41. The smallest absolute Gasteiger partial charge is 0.340 e. The van der Waals surface area contributed by atoms with E-state index in [-0.39, 0.29) is 18.4 Å². The molecule has 0 saturated carbocycles. The molecule has 2 aromatic heterocycles. The molecule has 1 saturated heterocycles. The SMILES string of the molecule is Cc1oc2cc3oc(=O)c(CC(=O)N4CCC(O)CC4)c(C)c3cc2c1C. The zero-order valence-electron chi connectivity index (χ0n) is 15.8. The van der Waals surface area contributed by atoms with E-state index in [1.807, 2.05) is 26.8 Å². The van der Waals surface area contributed by atoms with Crippen LogP contribution in [0, 0.1) is 20.8 Å². The number of likely N-dealkylation sites (tertiary alicyclic amines) is 1. The van der Waals surface area contributed by atoms with Gasteiger partial charge in [0.05, 0.1) is 18.1 Å². The van der Waals surface area contributed by atoms with E-state index in [0.29, 0.717) is 42.7 Å². The van der Waals surface area contributed by atoms with Crippen molar-refractivity contribution in [2.45, 2.75) is 46.1 Å². The van der Waals surface area contributed by atoms with Crippen molar-refractivity contribution >= 4 is 27.8 Å². The van der Waals surface area contributed by atoms with Crippen LogP contribution in [0.5, 0.6) is 0 Å². The normalized spacial score (nSPS) is 15.8. The van der Waals surface area contributed by atoms with Gasteiger partial charge in [0.2, 0.25) is 5.91 Å². The Labute approximate surface area is 156 Å². The summed E-state index contributed by atoms with van der Waals surface area (Å²) < 4.78 is 11.2. The van der Waals surface area contributed by atoms with Gasteiger partial charge in [0.25, 0.3) is 0 Å². The fourth-order valence-corrected chi connectivity index (χ4v) is 3.81. The van der Waals surface area contributed by atoms with Crippen molar-refractivity contribution in [2.24, 2.45) is 0 Å². The highest BCUT2D eigenvalue weighted by molar-refractivity contribution is 5.97. The molecule has 0 aliphatic carbocycles. The Balaban J connectivity index is 1.74. The molecule has 142 valence electrons. The molecular weight excluding hydrogens is 346 g/mol. The average molecular weight is 369 g/mol. The molecular formula is C21H23NO5. The first kappa shape index (κ1) is 17.8. The summed E-state index contributed by atoms with van der Waals surface area (Å²) in [5.74, 6) is 0.732. The number of aliphatic hydroxyl groups excluding tert-OH is 1. The maximum absolute atomic E-state index is 12.6. The van der Waals surface area contributed by atoms with E-state index in [1.165, 1.54) is 0 Å². The third-order valence-corrected chi connectivity index (χ3v) is 5.73.